The largest absolute Gasteiger partial charge is 0.363 e. The van der Waals surface area contributed by atoms with Gasteiger partial charge in [-0.25, -0.2) is 0 Å². The van der Waals surface area contributed by atoms with Gasteiger partial charge in [0.05, 0.1) is 6.04 Å². The Morgan fingerprint density at radius 3 is 2.89 bits per heavy atom. The van der Waals surface area contributed by atoms with Gasteiger partial charge in [0.25, 0.3) is 0 Å². The van der Waals surface area contributed by atoms with Crippen molar-refractivity contribution >= 4 is 12.3 Å². The van der Waals surface area contributed by atoms with Crippen LogP contribution in [0.5, 0.6) is 0 Å². The Morgan fingerprint density at radius 2 is 2.33 bits per heavy atom. The predicted octanol–water partition coefficient (Wildman–Crippen LogP) is 1.07. The summed E-state index contributed by atoms with van der Waals surface area (Å²) in [5.74, 6) is 0.148. The molecule has 1 fully saturated rings. The summed E-state index contributed by atoms with van der Waals surface area (Å²) >= 11 is 0. The molecule has 5 heteroatoms. The van der Waals surface area contributed by atoms with E-state index in [1.54, 1.807) is 4.90 Å². The van der Waals surface area contributed by atoms with Crippen LogP contribution in [0.3, 0.4) is 0 Å². The number of aromatic amines is 1. The Balaban J connectivity index is 2.21. The maximum Gasteiger partial charge on any atom is 0.222 e. The number of nitrogens with one attached hydrogen (secondary N) is 1. The lowest BCUT2D eigenvalue weighted by Gasteiger charge is -2.39. The van der Waals surface area contributed by atoms with Crippen molar-refractivity contribution in [2.45, 2.75) is 26.3 Å². The van der Waals surface area contributed by atoms with Crippen LogP contribution >= 0.6 is 0 Å². The number of nitrogens with zero attached hydrogens (tertiary/aromatic N) is 2. The number of rotatable bonds is 3. The first kappa shape index (κ1) is 12.7. The van der Waals surface area contributed by atoms with E-state index in [2.05, 4.69) is 4.98 Å². The van der Waals surface area contributed by atoms with Gasteiger partial charge in [-0.05, 0) is 18.6 Å². The van der Waals surface area contributed by atoms with Crippen molar-refractivity contribution in [2.75, 3.05) is 19.6 Å². The average molecular weight is 249 g/mol. The Hall–Kier alpha value is -1.78. The van der Waals surface area contributed by atoms with Crippen LogP contribution < -0.4 is 0 Å². The number of carbonyl (C=O) groups excluding carboxylic acids is 2. The van der Waals surface area contributed by atoms with Gasteiger partial charge in [-0.3, -0.25) is 9.59 Å². The van der Waals surface area contributed by atoms with E-state index in [0.717, 1.165) is 17.7 Å². The molecule has 1 N–H and O–H groups in total. The molecular formula is C13H19N3O2. The molecule has 5 nitrogen and oxygen atoms in total. The van der Waals surface area contributed by atoms with Crippen LogP contribution in [0.25, 0.3) is 0 Å². The fourth-order valence-electron chi connectivity index (χ4n) is 2.45. The third-order valence-electron chi connectivity index (χ3n) is 3.54. The van der Waals surface area contributed by atoms with Crippen molar-refractivity contribution < 1.29 is 9.59 Å². The lowest BCUT2D eigenvalue weighted by Crippen LogP contribution is -2.50. The second-order valence-corrected chi connectivity index (χ2v) is 4.63. The summed E-state index contributed by atoms with van der Waals surface area (Å²) in [6.07, 6.45) is 3.25. The van der Waals surface area contributed by atoms with Gasteiger partial charge < -0.3 is 14.8 Å². The smallest absolute Gasteiger partial charge is 0.222 e. The van der Waals surface area contributed by atoms with Gasteiger partial charge in [-0.15, -0.1) is 0 Å². The lowest BCUT2D eigenvalue weighted by atomic mass is 10.1. The van der Waals surface area contributed by atoms with Gasteiger partial charge >= 0.3 is 0 Å². The van der Waals surface area contributed by atoms with Crippen molar-refractivity contribution in [1.82, 2.24) is 14.8 Å². The molecule has 0 aliphatic carbocycles. The van der Waals surface area contributed by atoms with Crippen LogP contribution in [0.4, 0.5) is 0 Å². The molecule has 1 aromatic rings. The first-order valence-corrected chi connectivity index (χ1v) is 6.30. The topological polar surface area (TPSA) is 56.4 Å². The number of carbonyl (C=O) groups is 2. The van der Waals surface area contributed by atoms with E-state index >= 15 is 0 Å². The second kappa shape index (κ2) is 5.25. The molecule has 2 heterocycles. The molecule has 18 heavy (non-hydrogen) atoms. The molecule has 0 saturated carbocycles. The maximum atomic E-state index is 11.8. The van der Waals surface area contributed by atoms with E-state index in [1.165, 1.54) is 0 Å². The highest BCUT2D eigenvalue weighted by atomic mass is 16.2. The summed E-state index contributed by atoms with van der Waals surface area (Å²) in [7, 11) is 0. The third kappa shape index (κ3) is 2.25. The van der Waals surface area contributed by atoms with Crippen LogP contribution in [0, 0.1) is 6.92 Å². The van der Waals surface area contributed by atoms with Crippen LogP contribution in [-0.4, -0.2) is 46.7 Å². The molecule has 0 bridgehead atoms. The molecule has 1 aromatic heterocycles. The minimum atomic E-state index is -0.0539. The standard InChI is InChI=1S/C13H19N3O2/c1-3-12(18)15-6-7-16(9-17)11(8-15)13-10(2)4-5-14-13/h4-5,9,11,14H,3,6-8H2,1-2H3. The molecule has 0 spiro atoms. The minimum Gasteiger partial charge on any atom is -0.363 e. The Labute approximate surface area is 107 Å². The summed E-state index contributed by atoms with van der Waals surface area (Å²) in [4.78, 5) is 29.7. The van der Waals surface area contributed by atoms with Crippen LogP contribution in [-0.2, 0) is 9.59 Å². The summed E-state index contributed by atoms with van der Waals surface area (Å²) < 4.78 is 0. The van der Waals surface area contributed by atoms with Gasteiger partial charge in [-0.2, -0.15) is 0 Å². The number of hydrogen-bond acceptors (Lipinski definition) is 2. The fourth-order valence-corrected chi connectivity index (χ4v) is 2.45. The summed E-state index contributed by atoms with van der Waals surface area (Å²) in [5.41, 5.74) is 2.15. The Kier molecular flexibility index (Phi) is 3.69. The predicted molar refractivity (Wildman–Crippen MR) is 67.9 cm³/mol. The van der Waals surface area contributed by atoms with Crippen LogP contribution in [0.2, 0.25) is 0 Å². The number of H-pyrrole nitrogens is 1. The highest BCUT2D eigenvalue weighted by molar-refractivity contribution is 5.76. The monoisotopic (exact) mass is 249 g/mol. The molecular weight excluding hydrogens is 230 g/mol. The quantitative estimate of drug-likeness (QED) is 0.815. The van der Waals surface area contributed by atoms with Gasteiger partial charge in [0.15, 0.2) is 0 Å². The molecule has 0 radical (unpaired) electrons. The number of amides is 2. The second-order valence-electron chi connectivity index (χ2n) is 4.63. The zero-order chi connectivity index (χ0) is 13.1. The number of hydrogen-bond donors (Lipinski definition) is 1. The molecule has 2 rings (SSSR count). The van der Waals surface area contributed by atoms with Crippen molar-refractivity contribution in [2.24, 2.45) is 0 Å². The van der Waals surface area contributed by atoms with E-state index < -0.39 is 0 Å². The highest BCUT2D eigenvalue weighted by Crippen LogP contribution is 2.25. The van der Waals surface area contributed by atoms with Crippen LogP contribution in [0.15, 0.2) is 12.3 Å². The first-order chi connectivity index (χ1) is 8.67. The average Bonchev–Trinajstić information content (AvgIpc) is 2.83. The van der Waals surface area contributed by atoms with E-state index in [9.17, 15) is 9.59 Å². The lowest BCUT2D eigenvalue weighted by molar-refractivity contribution is -0.137. The fraction of sp³-hybridized carbons (Fsp3) is 0.538. The van der Waals surface area contributed by atoms with E-state index in [4.69, 9.17) is 0 Å². The summed E-state index contributed by atoms with van der Waals surface area (Å²) in [6.45, 7) is 5.67. The summed E-state index contributed by atoms with van der Waals surface area (Å²) in [6, 6.07) is 1.93. The van der Waals surface area contributed by atoms with E-state index in [0.29, 0.717) is 26.1 Å². The highest BCUT2D eigenvalue weighted by Gasteiger charge is 2.30. The third-order valence-corrected chi connectivity index (χ3v) is 3.54. The van der Waals surface area contributed by atoms with Crippen LogP contribution in [0.1, 0.15) is 30.6 Å². The number of aryl methyl sites for hydroxylation is 1. The number of piperazine rings is 1. The maximum absolute atomic E-state index is 11.8. The molecule has 1 unspecified atom stereocenters. The molecule has 1 aliphatic heterocycles. The van der Waals surface area contributed by atoms with Crippen molar-refractivity contribution in [1.29, 1.82) is 0 Å². The van der Waals surface area contributed by atoms with Gasteiger partial charge in [0.1, 0.15) is 0 Å². The van der Waals surface area contributed by atoms with Gasteiger partial charge in [0.2, 0.25) is 12.3 Å². The molecule has 98 valence electrons. The van der Waals surface area contributed by atoms with Crippen molar-refractivity contribution in [3.8, 4) is 0 Å². The van der Waals surface area contributed by atoms with Crippen molar-refractivity contribution in [3.05, 3.63) is 23.5 Å². The normalized spacial score (nSPS) is 20.0. The molecule has 2 amide bonds. The Bertz CT molecular complexity index is 441. The molecule has 0 aromatic carbocycles. The SMILES string of the molecule is CCC(=O)N1CCN(C=O)C(c2[nH]ccc2C)C1. The van der Waals surface area contributed by atoms with E-state index in [1.807, 2.05) is 31.0 Å². The van der Waals surface area contributed by atoms with E-state index in [-0.39, 0.29) is 11.9 Å². The summed E-state index contributed by atoms with van der Waals surface area (Å²) in [5, 5.41) is 0. The zero-order valence-electron chi connectivity index (χ0n) is 10.8. The molecule has 1 atom stereocenters. The van der Waals surface area contributed by atoms with Gasteiger partial charge in [0, 0.05) is 37.9 Å². The number of aromatic nitrogens is 1. The van der Waals surface area contributed by atoms with Crippen molar-refractivity contribution in [3.63, 3.8) is 0 Å². The minimum absolute atomic E-state index is 0.0539. The van der Waals surface area contributed by atoms with Gasteiger partial charge in [-0.1, -0.05) is 6.92 Å². The molecule has 1 saturated heterocycles. The molecule has 1 aliphatic rings. The zero-order valence-corrected chi connectivity index (χ0v) is 10.8. The Morgan fingerprint density at radius 1 is 1.56 bits per heavy atom. The first-order valence-electron chi connectivity index (χ1n) is 6.30.